The first-order valence-electron chi connectivity index (χ1n) is 9.11. The van der Waals surface area contributed by atoms with E-state index in [0.29, 0.717) is 45.4 Å². The predicted molar refractivity (Wildman–Crippen MR) is 95.7 cm³/mol. The molecule has 0 unspecified atom stereocenters. The summed E-state index contributed by atoms with van der Waals surface area (Å²) in [5.74, 6) is 2.41. The summed E-state index contributed by atoms with van der Waals surface area (Å²) in [7, 11) is 0. The Morgan fingerprint density at radius 1 is 1.27 bits per heavy atom. The Morgan fingerprint density at radius 2 is 1.96 bits per heavy atom. The van der Waals surface area contributed by atoms with Crippen LogP contribution in [0.25, 0.3) is 0 Å². The van der Waals surface area contributed by atoms with Crippen molar-refractivity contribution in [2.75, 3.05) is 13.2 Å². The van der Waals surface area contributed by atoms with Crippen LogP contribution in [0.3, 0.4) is 0 Å². The van der Waals surface area contributed by atoms with Crippen LogP contribution in [0.5, 0.6) is 0 Å². The lowest BCUT2D eigenvalue weighted by Gasteiger charge is -2.34. The molecule has 0 radical (unpaired) electrons. The Morgan fingerprint density at radius 3 is 2.58 bits per heavy atom. The minimum atomic E-state index is -0.445. The molecule has 0 bridgehead atoms. The van der Waals surface area contributed by atoms with Gasteiger partial charge in [0.15, 0.2) is 5.66 Å². The van der Waals surface area contributed by atoms with Gasteiger partial charge in [0.1, 0.15) is 5.82 Å². The molecular formula is C20H24FN3O2. The van der Waals surface area contributed by atoms with E-state index in [-0.39, 0.29) is 17.8 Å². The molecule has 0 atom stereocenters. The van der Waals surface area contributed by atoms with Crippen molar-refractivity contribution in [2.24, 2.45) is 10.2 Å². The SMILES string of the molecule is C#CCCC1(CCC(=O)N(Cc2ccc(F)cc2)C2CCOCC2)N=N1. The highest BCUT2D eigenvalue weighted by atomic mass is 19.1. The molecule has 1 aromatic rings. The summed E-state index contributed by atoms with van der Waals surface area (Å²) in [6, 6.07) is 6.47. The molecule has 0 spiro atoms. The maximum atomic E-state index is 13.2. The largest absolute Gasteiger partial charge is 0.381 e. The van der Waals surface area contributed by atoms with E-state index in [2.05, 4.69) is 16.1 Å². The Hall–Kier alpha value is -2.26. The smallest absolute Gasteiger partial charge is 0.223 e. The second-order valence-corrected chi connectivity index (χ2v) is 6.88. The van der Waals surface area contributed by atoms with Crippen LogP contribution in [0.1, 0.15) is 44.1 Å². The number of hydrogen-bond donors (Lipinski definition) is 0. The fourth-order valence-corrected chi connectivity index (χ4v) is 3.32. The minimum absolute atomic E-state index is 0.0820. The second kappa shape index (κ2) is 8.41. The van der Waals surface area contributed by atoms with Gasteiger partial charge >= 0.3 is 0 Å². The number of carbonyl (C=O) groups excluding carboxylic acids is 1. The van der Waals surface area contributed by atoms with Crippen LogP contribution < -0.4 is 0 Å². The highest BCUT2D eigenvalue weighted by Gasteiger charge is 2.40. The summed E-state index contributed by atoms with van der Waals surface area (Å²) in [6.45, 7) is 1.80. The molecule has 0 N–H and O–H groups in total. The molecule has 1 amide bonds. The second-order valence-electron chi connectivity index (χ2n) is 6.88. The van der Waals surface area contributed by atoms with Crippen molar-refractivity contribution < 1.29 is 13.9 Å². The molecule has 2 aliphatic rings. The van der Waals surface area contributed by atoms with Gasteiger partial charge in [-0.15, -0.1) is 12.3 Å². The lowest BCUT2D eigenvalue weighted by Crippen LogP contribution is -2.43. The topological polar surface area (TPSA) is 54.3 Å². The maximum absolute atomic E-state index is 13.2. The zero-order valence-electron chi connectivity index (χ0n) is 14.9. The van der Waals surface area contributed by atoms with Crippen molar-refractivity contribution in [1.29, 1.82) is 0 Å². The van der Waals surface area contributed by atoms with E-state index in [9.17, 15) is 9.18 Å². The first kappa shape index (κ1) is 18.5. The molecule has 5 nitrogen and oxygen atoms in total. The van der Waals surface area contributed by atoms with Crippen LogP contribution >= 0.6 is 0 Å². The molecule has 2 aliphatic heterocycles. The van der Waals surface area contributed by atoms with Gasteiger partial charge in [-0.2, -0.15) is 10.2 Å². The number of benzene rings is 1. The third-order valence-corrected chi connectivity index (χ3v) is 5.01. The van der Waals surface area contributed by atoms with Crippen LogP contribution in [-0.2, 0) is 16.1 Å². The van der Waals surface area contributed by atoms with Gasteiger partial charge in [-0.05, 0) is 30.5 Å². The first-order chi connectivity index (χ1) is 12.6. The van der Waals surface area contributed by atoms with Gasteiger partial charge < -0.3 is 9.64 Å². The quantitative estimate of drug-likeness (QED) is 0.666. The predicted octanol–water partition coefficient (Wildman–Crippen LogP) is 3.69. The summed E-state index contributed by atoms with van der Waals surface area (Å²) in [4.78, 5) is 14.9. The number of nitrogens with zero attached hydrogens (tertiary/aromatic N) is 3. The molecule has 6 heteroatoms. The van der Waals surface area contributed by atoms with E-state index >= 15 is 0 Å². The normalized spacial score (nSPS) is 18.3. The summed E-state index contributed by atoms with van der Waals surface area (Å²) in [5, 5.41) is 8.21. The van der Waals surface area contributed by atoms with Gasteiger partial charge in [-0.1, -0.05) is 12.1 Å². The van der Waals surface area contributed by atoms with Crippen LogP contribution in [0.15, 0.2) is 34.5 Å². The molecule has 0 aliphatic carbocycles. The minimum Gasteiger partial charge on any atom is -0.381 e. The fourth-order valence-electron chi connectivity index (χ4n) is 3.32. The van der Waals surface area contributed by atoms with Gasteiger partial charge in [0.25, 0.3) is 0 Å². The van der Waals surface area contributed by atoms with Gasteiger partial charge in [0.2, 0.25) is 5.91 Å². The monoisotopic (exact) mass is 357 g/mol. The molecule has 0 aromatic heterocycles. The van der Waals surface area contributed by atoms with E-state index < -0.39 is 5.66 Å². The maximum Gasteiger partial charge on any atom is 0.223 e. The fraction of sp³-hybridized carbons (Fsp3) is 0.550. The summed E-state index contributed by atoms with van der Waals surface area (Å²) in [6.07, 6.45) is 9.25. The van der Waals surface area contributed by atoms with Crippen molar-refractivity contribution in [3.63, 3.8) is 0 Å². The molecule has 3 rings (SSSR count). The molecule has 1 aromatic carbocycles. The summed E-state index contributed by atoms with van der Waals surface area (Å²) < 4.78 is 18.6. The lowest BCUT2D eigenvalue weighted by atomic mass is 10.00. The zero-order chi connectivity index (χ0) is 18.4. The molecular weight excluding hydrogens is 333 g/mol. The van der Waals surface area contributed by atoms with Crippen LogP contribution in [-0.4, -0.2) is 35.7 Å². The molecule has 138 valence electrons. The molecule has 26 heavy (non-hydrogen) atoms. The number of ether oxygens (including phenoxy) is 1. The number of carbonyl (C=O) groups is 1. The van der Waals surface area contributed by atoms with Crippen molar-refractivity contribution >= 4 is 5.91 Å². The number of terminal acetylenes is 1. The van der Waals surface area contributed by atoms with Crippen molar-refractivity contribution in [2.45, 2.75) is 56.8 Å². The van der Waals surface area contributed by atoms with Gasteiger partial charge in [-0.25, -0.2) is 4.39 Å². The molecule has 2 heterocycles. The zero-order valence-corrected chi connectivity index (χ0v) is 14.9. The number of rotatable bonds is 8. The third kappa shape index (κ3) is 4.89. The Bertz CT molecular complexity index is 684. The Labute approximate surface area is 153 Å². The lowest BCUT2D eigenvalue weighted by molar-refractivity contribution is -0.136. The molecule has 0 saturated carbocycles. The van der Waals surface area contributed by atoms with Crippen molar-refractivity contribution in [1.82, 2.24) is 4.90 Å². The number of hydrogen-bond acceptors (Lipinski definition) is 4. The van der Waals surface area contributed by atoms with Crippen LogP contribution in [0.2, 0.25) is 0 Å². The average Bonchev–Trinajstić information content (AvgIpc) is 3.45. The van der Waals surface area contributed by atoms with E-state index in [1.807, 2.05) is 4.90 Å². The van der Waals surface area contributed by atoms with Crippen molar-refractivity contribution in [3.8, 4) is 12.3 Å². The average molecular weight is 357 g/mol. The summed E-state index contributed by atoms with van der Waals surface area (Å²) in [5.41, 5.74) is 0.480. The number of halogens is 1. The Kier molecular flexibility index (Phi) is 6.00. The van der Waals surface area contributed by atoms with Gasteiger partial charge in [0, 0.05) is 51.5 Å². The van der Waals surface area contributed by atoms with E-state index in [4.69, 9.17) is 11.2 Å². The van der Waals surface area contributed by atoms with E-state index in [1.165, 1.54) is 12.1 Å². The third-order valence-electron chi connectivity index (χ3n) is 5.01. The number of amides is 1. The highest BCUT2D eigenvalue weighted by molar-refractivity contribution is 5.76. The van der Waals surface area contributed by atoms with Crippen LogP contribution in [0, 0.1) is 18.2 Å². The van der Waals surface area contributed by atoms with Gasteiger partial charge in [0.05, 0.1) is 0 Å². The molecule has 1 fully saturated rings. The standard InChI is InChI=1S/C20H24FN3O2/c1-2-3-11-20(22-23-20)12-8-19(25)24(18-9-13-26-14-10-18)15-16-4-6-17(21)7-5-16/h1,4-7,18H,3,8-15H2. The van der Waals surface area contributed by atoms with Crippen LogP contribution in [0.4, 0.5) is 4.39 Å². The highest BCUT2D eigenvalue weighted by Crippen LogP contribution is 2.38. The molecule has 1 saturated heterocycles. The van der Waals surface area contributed by atoms with E-state index in [1.54, 1.807) is 12.1 Å². The first-order valence-corrected chi connectivity index (χ1v) is 9.11. The Balaban J connectivity index is 1.63. The summed E-state index contributed by atoms with van der Waals surface area (Å²) >= 11 is 0. The van der Waals surface area contributed by atoms with Gasteiger partial charge in [-0.3, -0.25) is 4.79 Å². The van der Waals surface area contributed by atoms with Crippen molar-refractivity contribution in [3.05, 3.63) is 35.6 Å². The van der Waals surface area contributed by atoms with E-state index in [0.717, 1.165) is 18.4 Å².